The van der Waals surface area contributed by atoms with Crippen LogP contribution in [0.4, 0.5) is 5.69 Å². The van der Waals surface area contributed by atoms with Crippen molar-refractivity contribution in [1.82, 2.24) is 15.1 Å². The van der Waals surface area contributed by atoms with Crippen LogP contribution in [0, 0.1) is 29.9 Å². The van der Waals surface area contributed by atoms with Crippen LogP contribution < -0.4 is 5.32 Å². The molecular formula is C11H18N4O3. The van der Waals surface area contributed by atoms with Crippen molar-refractivity contribution in [2.75, 3.05) is 6.54 Å². The Labute approximate surface area is 105 Å². The molecule has 0 aliphatic heterocycles. The molecule has 0 spiro atoms. The number of rotatable bonds is 5. The maximum Gasteiger partial charge on any atom is 0.312 e. The van der Waals surface area contributed by atoms with Gasteiger partial charge in [-0.3, -0.25) is 19.6 Å². The number of carbonyl (C=O) groups is 1. The third kappa shape index (κ3) is 2.85. The Hall–Kier alpha value is -1.92. The average molecular weight is 254 g/mol. The summed E-state index contributed by atoms with van der Waals surface area (Å²) in [4.78, 5) is 22.0. The first-order valence-corrected chi connectivity index (χ1v) is 5.84. The highest BCUT2D eigenvalue weighted by atomic mass is 16.6. The number of hydrogen-bond donors (Lipinski definition) is 1. The zero-order valence-corrected chi connectivity index (χ0v) is 11.1. The van der Waals surface area contributed by atoms with Crippen molar-refractivity contribution in [1.29, 1.82) is 0 Å². The number of hydrogen-bond acceptors (Lipinski definition) is 4. The fourth-order valence-electron chi connectivity index (χ4n) is 1.82. The van der Waals surface area contributed by atoms with Gasteiger partial charge in [0.2, 0.25) is 5.91 Å². The second-order valence-electron chi connectivity index (χ2n) is 4.25. The van der Waals surface area contributed by atoms with Gasteiger partial charge in [0.1, 0.15) is 11.4 Å². The van der Waals surface area contributed by atoms with E-state index in [-0.39, 0.29) is 17.5 Å². The van der Waals surface area contributed by atoms with E-state index in [9.17, 15) is 14.9 Å². The highest BCUT2D eigenvalue weighted by molar-refractivity contribution is 5.78. The molecule has 0 aromatic carbocycles. The van der Waals surface area contributed by atoms with E-state index in [2.05, 4.69) is 10.4 Å². The smallest absolute Gasteiger partial charge is 0.312 e. The summed E-state index contributed by atoms with van der Waals surface area (Å²) >= 11 is 0. The summed E-state index contributed by atoms with van der Waals surface area (Å²) in [5.41, 5.74) is 0.882. The molecule has 1 rings (SSSR count). The Kier molecular flexibility index (Phi) is 4.41. The molecule has 1 amide bonds. The molecule has 1 aromatic heterocycles. The van der Waals surface area contributed by atoms with E-state index in [1.54, 1.807) is 20.8 Å². The predicted molar refractivity (Wildman–Crippen MR) is 66.2 cm³/mol. The zero-order valence-electron chi connectivity index (χ0n) is 11.1. The molecular weight excluding hydrogens is 236 g/mol. The number of aromatic nitrogens is 2. The lowest BCUT2D eigenvalue weighted by Gasteiger charge is -2.11. The van der Waals surface area contributed by atoms with E-state index in [0.29, 0.717) is 24.5 Å². The largest absolute Gasteiger partial charge is 0.356 e. The number of nitrogens with zero attached hydrogens (tertiary/aromatic N) is 3. The Morgan fingerprint density at radius 3 is 2.61 bits per heavy atom. The summed E-state index contributed by atoms with van der Waals surface area (Å²) in [6, 6.07) is 0. The van der Waals surface area contributed by atoms with Gasteiger partial charge in [-0.05, 0) is 20.8 Å². The second-order valence-corrected chi connectivity index (χ2v) is 4.25. The molecule has 1 unspecified atom stereocenters. The van der Waals surface area contributed by atoms with E-state index in [0.717, 1.165) is 0 Å². The predicted octanol–water partition coefficient (Wildman–Crippen LogP) is 1.18. The van der Waals surface area contributed by atoms with Crippen LogP contribution in [0.3, 0.4) is 0 Å². The topological polar surface area (TPSA) is 90.1 Å². The molecule has 0 saturated heterocycles. The van der Waals surface area contributed by atoms with E-state index >= 15 is 0 Å². The van der Waals surface area contributed by atoms with Gasteiger partial charge in [0.25, 0.3) is 0 Å². The number of amides is 1. The van der Waals surface area contributed by atoms with Crippen molar-refractivity contribution in [3.63, 3.8) is 0 Å². The van der Waals surface area contributed by atoms with Gasteiger partial charge in [0.15, 0.2) is 0 Å². The molecule has 1 atom stereocenters. The van der Waals surface area contributed by atoms with Gasteiger partial charge in [-0.15, -0.1) is 0 Å². The summed E-state index contributed by atoms with van der Waals surface area (Å²) in [5.74, 6) is -0.352. The normalized spacial score (nSPS) is 12.2. The van der Waals surface area contributed by atoms with Crippen molar-refractivity contribution < 1.29 is 9.72 Å². The van der Waals surface area contributed by atoms with Crippen LogP contribution in [-0.2, 0) is 11.3 Å². The first-order valence-electron chi connectivity index (χ1n) is 5.84. The highest BCUT2D eigenvalue weighted by Crippen LogP contribution is 2.22. The molecule has 0 fully saturated rings. The maximum atomic E-state index is 11.6. The zero-order chi connectivity index (χ0) is 13.9. The van der Waals surface area contributed by atoms with Gasteiger partial charge in [-0.2, -0.15) is 5.10 Å². The lowest BCUT2D eigenvalue weighted by Crippen LogP contribution is -2.31. The number of nitro groups is 1. The fraction of sp³-hybridized carbons (Fsp3) is 0.636. The average Bonchev–Trinajstić information content (AvgIpc) is 2.54. The van der Waals surface area contributed by atoms with Crippen LogP contribution in [-0.4, -0.2) is 27.2 Å². The first kappa shape index (κ1) is 14.1. The SMILES string of the molecule is CCNC(=O)C(C)Cn1nc(C)c([N+](=O)[O-])c1C. The first-order chi connectivity index (χ1) is 8.38. The molecule has 0 saturated carbocycles. The van der Waals surface area contributed by atoms with Crippen LogP contribution in [0.1, 0.15) is 25.2 Å². The molecule has 0 aliphatic carbocycles. The van der Waals surface area contributed by atoms with Crippen molar-refractivity contribution in [2.24, 2.45) is 5.92 Å². The highest BCUT2D eigenvalue weighted by Gasteiger charge is 2.23. The maximum absolute atomic E-state index is 11.6. The van der Waals surface area contributed by atoms with Crippen LogP contribution in [0.15, 0.2) is 0 Å². The summed E-state index contributed by atoms with van der Waals surface area (Å²) < 4.78 is 1.52. The van der Waals surface area contributed by atoms with Crippen LogP contribution in [0.5, 0.6) is 0 Å². The number of carbonyl (C=O) groups excluding carboxylic acids is 1. The lowest BCUT2D eigenvalue weighted by atomic mass is 10.1. The molecule has 1 N–H and O–H groups in total. The minimum absolute atomic E-state index is 0.0260. The van der Waals surface area contributed by atoms with Crippen LogP contribution >= 0.6 is 0 Å². The minimum atomic E-state index is -0.440. The minimum Gasteiger partial charge on any atom is -0.356 e. The van der Waals surface area contributed by atoms with Crippen LogP contribution in [0.2, 0.25) is 0 Å². The molecule has 7 nitrogen and oxygen atoms in total. The molecule has 100 valence electrons. The van der Waals surface area contributed by atoms with Crippen molar-refractivity contribution in [3.05, 3.63) is 21.5 Å². The molecule has 0 bridgehead atoms. The van der Waals surface area contributed by atoms with E-state index < -0.39 is 4.92 Å². The van der Waals surface area contributed by atoms with Gasteiger partial charge < -0.3 is 5.32 Å². The van der Waals surface area contributed by atoms with E-state index in [1.807, 2.05) is 6.92 Å². The number of nitrogens with one attached hydrogen (secondary N) is 1. The Morgan fingerprint density at radius 1 is 1.56 bits per heavy atom. The summed E-state index contributed by atoms with van der Waals surface area (Å²) in [6.45, 7) is 7.76. The Morgan fingerprint density at radius 2 is 2.17 bits per heavy atom. The van der Waals surface area contributed by atoms with Gasteiger partial charge in [-0.1, -0.05) is 6.92 Å². The molecule has 1 heterocycles. The molecule has 1 aromatic rings. The summed E-state index contributed by atoms with van der Waals surface area (Å²) in [7, 11) is 0. The molecule has 7 heteroatoms. The molecule has 18 heavy (non-hydrogen) atoms. The molecule has 0 radical (unpaired) electrons. The standard InChI is InChI=1S/C11H18N4O3/c1-5-12-11(16)7(2)6-14-9(4)10(15(17)18)8(3)13-14/h7H,5-6H2,1-4H3,(H,12,16). The van der Waals surface area contributed by atoms with Gasteiger partial charge in [0.05, 0.1) is 17.4 Å². The number of aryl methyl sites for hydroxylation is 1. The van der Waals surface area contributed by atoms with Crippen molar-refractivity contribution in [2.45, 2.75) is 34.2 Å². The quantitative estimate of drug-likeness (QED) is 0.631. The third-order valence-electron chi connectivity index (χ3n) is 2.77. The van der Waals surface area contributed by atoms with Crippen LogP contribution in [0.25, 0.3) is 0 Å². The Balaban J connectivity index is 2.89. The summed E-state index contributed by atoms with van der Waals surface area (Å²) in [5, 5.41) is 17.7. The molecule has 0 aliphatic rings. The van der Waals surface area contributed by atoms with Gasteiger partial charge >= 0.3 is 5.69 Å². The van der Waals surface area contributed by atoms with Crippen molar-refractivity contribution >= 4 is 11.6 Å². The second kappa shape index (κ2) is 5.61. The lowest BCUT2D eigenvalue weighted by molar-refractivity contribution is -0.386. The summed E-state index contributed by atoms with van der Waals surface area (Å²) in [6.07, 6.45) is 0. The Bertz CT molecular complexity index is 467. The third-order valence-corrected chi connectivity index (χ3v) is 2.77. The van der Waals surface area contributed by atoms with Crippen molar-refractivity contribution in [3.8, 4) is 0 Å². The van der Waals surface area contributed by atoms with E-state index in [1.165, 1.54) is 4.68 Å². The van der Waals surface area contributed by atoms with Gasteiger partial charge in [-0.25, -0.2) is 0 Å². The van der Waals surface area contributed by atoms with Gasteiger partial charge in [0, 0.05) is 6.54 Å². The van der Waals surface area contributed by atoms with E-state index in [4.69, 9.17) is 0 Å². The monoisotopic (exact) mass is 254 g/mol. The fourth-order valence-corrected chi connectivity index (χ4v) is 1.82.